The molecule has 94 valence electrons. The molecular formula is C15H22O2. The molecule has 1 N–H and O–H groups in total. The number of methoxy groups -OCH3 is 1. The van der Waals surface area contributed by atoms with Crippen LogP contribution in [0.25, 0.3) is 0 Å². The van der Waals surface area contributed by atoms with Gasteiger partial charge in [-0.15, -0.1) is 0 Å². The highest BCUT2D eigenvalue weighted by Crippen LogP contribution is 2.42. The van der Waals surface area contributed by atoms with Crippen molar-refractivity contribution in [2.75, 3.05) is 20.3 Å². The number of fused-ring (bicyclic) bond motifs is 1. The lowest BCUT2D eigenvalue weighted by Crippen LogP contribution is -2.42. The molecule has 0 aliphatic heterocycles. The molecule has 0 bridgehead atoms. The first-order valence-corrected chi connectivity index (χ1v) is 6.43. The van der Waals surface area contributed by atoms with Crippen LogP contribution in [0.4, 0.5) is 0 Å². The van der Waals surface area contributed by atoms with Crippen molar-refractivity contribution in [3.8, 4) is 0 Å². The lowest BCUT2D eigenvalue weighted by atomic mass is 9.64. The number of aliphatic hydroxyl groups excluding tert-OH is 1. The van der Waals surface area contributed by atoms with Gasteiger partial charge in [-0.1, -0.05) is 31.2 Å². The van der Waals surface area contributed by atoms with E-state index in [1.807, 2.05) is 0 Å². The van der Waals surface area contributed by atoms with Crippen LogP contribution in [-0.4, -0.2) is 25.4 Å². The zero-order valence-corrected chi connectivity index (χ0v) is 10.8. The molecule has 2 nitrogen and oxygen atoms in total. The molecule has 2 atom stereocenters. The fourth-order valence-corrected chi connectivity index (χ4v) is 3.19. The van der Waals surface area contributed by atoms with Gasteiger partial charge in [0.25, 0.3) is 0 Å². The van der Waals surface area contributed by atoms with Gasteiger partial charge in [0.15, 0.2) is 0 Å². The molecule has 17 heavy (non-hydrogen) atoms. The molecule has 2 rings (SSSR count). The van der Waals surface area contributed by atoms with E-state index in [9.17, 15) is 5.11 Å². The van der Waals surface area contributed by atoms with E-state index in [1.165, 1.54) is 11.1 Å². The van der Waals surface area contributed by atoms with Crippen molar-refractivity contribution in [1.82, 2.24) is 0 Å². The van der Waals surface area contributed by atoms with Crippen LogP contribution in [0.3, 0.4) is 0 Å². The third kappa shape index (κ3) is 2.12. The highest BCUT2D eigenvalue weighted by molar-refractivity contribution is 5.37. The van der Waals surface area contributed by atoms with Crippen molar-refractivity contribution in [3.05, 3.63) is 35.4 Å². The van der Waals surface area contributed by atoms with Crippen LogP contribution < -0.4 is 0 Å². The molecule has 0 heterocycles. The van der Waals surface area contributed by atoms with Gasteiger partial charge in [0, 0.05) is 19.1 Å². The first-order valence-electron chi connectivity index (χ1n) is 6.43. The summed E-state index contributed by atoms with van der Waals surface area (Å²) in [6.45, 7) is 3.10. The topological polar surface area (TPSA) is 29.5 Å². The summed E-state index contributed by atoms with van der Waals surface area (Å²) >= 11 is 0. The minimum absolute atomic E-state index is 0.106. The summed E-state index contributed by atoms with van der Waals surface area (Å²) in [6.07, 6.45) is 3.36. The summed E-state index contributed by atoms with van der Waals surface area (Å²) < 4.78 is 5.29. The number of aliphatic hydroxyl groups is 1. The molecule has 0 saturated carbocycles. The summed E-state index contributed by atoms with van der Waals surface area (Å²) in [5, 5.41) is 9.93. The van der Waals surface area contributed by atoms with Gasteiger partial charge < -0.3 is 9.84 Å². The Labute approximate surface area is 104 Å². The van der Waals surface area contributed by atoms with E-state index in [0.717, 1.165) is 19.3 Å². The maximum absolute atomic E-state index is 9.93. The van der Waals surface area contributed by atoms with Crippen molar-refractivity contribution in [2.45, 2.75) is 31.6 Å². The normalized spacial score (nSPS) is 25.4. The van der Waals surface area contributed by atoms with Gasteiger partial charge in [0.05, 0.1) is 6.61 Å². The van der Waals surface area contributed by atoms with E-state index >= 15 is 0 Å². The SMILES string of the molecule is COCC(C)C1(CO)CCCc2ccccc21. The second kappa shape index (κ2) is 5.19. The smallest absolute Gasteiger partial charge is 0.0531 e. The molecule has 0 radical (unpaired) electrons. The average Bonchev–Trinajstić information content (AvgIpc) is 2.38. The van der Waals surface area contributed by atoms with E-state index in [0.29, 0.717) is 12.5 Å². The Balaban J connectivity index is 2.41. The number of ether oxygens (including phenoxy) is 1. The van der Waals surface area contributed by atoms with Gasteiger partial charge in [-0.25, -0.2) is 0 Å². The zero-order chi connectivity index (χ0) is 12.3. The van der Waals surface area contributed by atoms with E-state index in [2.05, 4.69) is 31.2 Å². The largest absolute Gasteiger partial charge is 0.395 e. The summed E-state index contributed by atoms with van der Waals surface area (Å²) in [5.74, 6) is 0.346. The van der Waals surface area contributed by atoms with Gasteiger partial charge in [0.1, 0.15) is 0 Å². The Morgan fingerprint density at radius 1 is 1.41 bits per heavy atom. The lowest BCUT2D eigenvalue weighted by molar-refractivity contribution is 0.0633. The molecule has 0 saturated heterocycles. The van der Waals surface area contributed by atoms with Crippen LogP contribution >= 0.6 is 0 Å². The molecule has 0 fully saturated rings. The van der Waals surface area contributed by atoms with Gasteiger partial charge in [0.2, 0.25) is 0 Å². The molecule has 0 spiro atoms. The molecule has 2 heteroatoms. The second-order valence-corrected chi connectivity index (χ2v) is 5.18. The van der Waals surface area contributed by atoms with E-state index < -0.39 is 0 Å². The molecule has 2 unspecified atom stereocenters. The number of aryl methyl sites for hydroxylation is 1. The van der Waals surface area contributed by atoms with Crippen LogP contribution in [0.2, 0.25) is 0 Å². The minimum atomic E-state index is -0.106. The third-order valence-corrected chi connectivity index (χ3v) is 4.26. The maximum atomic E-state index is 9.93. The Hall–Kier alpha value is -0.860. The van der Waals surface area contributed by atoms with Crippen molar-refractivity contribution in [2.24, 2.45) is 5.92 Å². The van der Waals surface area contributed by atoms with Gasteiger partial charge in [-0.2, -0.15) is 0 Å². The number of benzene rings is 1. The summed E-state index contributed by atoms with van der Waals surface area (Å²) in [7, 11) is 1.73. The molecule has 0 amide bonds. The lowest BCUT2D eigenvalue weighted by Gasteiger charge is -2.42. The Kier molecular flexibility index (Phi) is 3.85. The molecule has 1 aromatic rings. The summed E-state index contributed by atoms with van der Waals surface area (Å²) in [5.41, 5.74) is 2.62. The summed E-state index contributed by atoms with van der Waals surface area (Å²) in [4.78, 5) is 0. The highest BCUT2D eigenvalue weighted by atomic mass is 16.5. The Bertz CT molecular complexity index is 375. The van der Waals surface area contributed by atoms with E-state index in [-0.39, 0.29) is 12.0 Å². The fraction of sp³-hybridized carbons (Fsp3) is 0.600. The first-order chi connectivity index (χ1) is 8.24. The van der Waals surface area contributed by atoms with Crippen LogP contribution in [0, 0.1) is 5.92 Å². The van der Waals surface area contributed by atoms with Gasteiger partial charge in [-0.05, 0) is 36.3 Å². The fourth-order valence-electron chi connectivity index (χ4n) is 3.19. The first kappa shape index (κ1) is 12.6. The quantitative estimate of drug-likeness (QED) is 0.867. The average molecular weight is 234 g/mol. The van der Waals surface area contributed by atoms with Crippen molar-refractivity contribution in [1.29, 1.82) is 0 Å². The predicted octanol–water partition coefficient (Wildman–Crippen LogP) is 2.54. The van der Waals surface area contributed by atoms with Crippen LogP contribution in [0.1, 0.15) is 30.9 Å². The molecular weight excluding hydrogens is 212 g/mol. The monoisotopic (exact) mass is 234 g/mol. The molecule has 1 aliphatic rings. The van der Waals surface area contributed by atoms with Crippen LogP contribution in [0.5, 0.6) is 0 Å². The highest BCUT2D eigenvalue weighted by Gasteiger charge is 2.40. The van der Waals surface area contributed by atoms with Gasteiger partial charge in [-0.3, -0.25) is 0 Å². The van der Waals surface area contributed by atoms with Crippen molar-refractivity contribution < 1.29 is 9.84 Å². The second-order valence-electron chi connectivity index (χ2n) is 5.18. The molecule has 1 aromatic carbocycles. The van der Waals surface area contributed by atoms with E-state index in [4.69, 9.17) is 4.74 Å². The van der Waals surface area contributed by atoms with Gasteiger partial charge >= 0.3 is 0 Å². The van der Waals surface area contributed by atoms with E-state index in [1.54, 1.807) is 7.11 Å². The number of hydrogen-bond acceptors (Lipinski definition) is 2. The number of hydrogen-bond donors (Lipinski definition) is 1. The minimum Gasteiger partial charge on any atom is -0.395 e. The van der Waals surface area contributed by atoms with Crippen LogP contribution in [-0.2, 0) is 16.6 Å². The molecule has 0 aromatic heterocycles. The van der Waals surface area contributed by atoms with Crippen LogP contribution in [0.15, 0.2) is 24.3 Å². The molecule has 1 aliphatic carbocycles. The predicted molar refractivity (Wildman–Crippen MR) is 69.2 cm³/mol. The maximum Gasteiger partial charge on any atom is 0.0531 e. The van der Waals surface area contributed by atoms with Crippen molar-refractivity contribution >= 4 is 0 Å². The summed E-state index contributed by atoms with van der Waals surface area (Å²) in [6, 6.07) is 8.54. The Morgan fingerprint density at radius 2 is 2.18 bits per heavy atom. The number of rotatable bonds is 4. The Morgan fingerprint density at radius 3 is 2.88 bits per heavy atom. The standard InChI is InChI=1S/C15H22O2/c1-12(10-17-2)15(11-16)9-5-7-13-6-3-4-8-14(13)15/h3-4,6,8,12,16H,5,7,9-11H2,1-2H3. The third-order valence-electron chi connectivity index (χ3n) is 4.26. The zero-order valence-electron chi connectivity index (χ0n) is 10.8. The van der Waals surface area contributed by atoms with Crippen molar-refractivity contribution in [3.63, 3.8) is 0 Å².